The molecule has 0 aliphatic carbocycles. The number of carbonyl (C=O) groups is 1. The van der Waals surface area contributed by atoms with Crippen LogP contribution in [-0.2, 0) is 21.3 Å². The fraction of sp³-hybridized carbons (Fsp3) is 0.200. The van der Waals surface area contributed by atoms with Gasteiger partial charge in [-0.2, -0.15) is 5.10 Å². The molecule has 4 rings (SSSR count). The Labute approximate surface area is 182 Å². The second kappa shape index (κ2) is 7.71. The quantitative estimate of drug-likeness (QED) is 0.325. The van der Waals surface area contributed by atoms with Crippen LogP contribution in [0.4, 0.5) is 15.8 Å². The first kappa shape index (κ1) is 21.4. The van der Waals surface area contributed by atoms with Crippen LogP contribution < -0.4 is 4.31 Å². The number of esters is 1. The largest absolute Gasteiger partial charge is 0.461 e. The highest BCUT2D eigenvalue weighted by atomic mass is 32.2. The van der Waals surface area contributed by atoms with Crippen molar-refractivity contribution in [2.75, 3.05) is 17.2 Å². The number of fused-ring (bicyclic) bond motifs is 3. The average molecular weight is 460 g/mol. The maximum atomic E-state index is 13.5. The molecule has 0 bridgehead atoms. The van der Waals surface area contributed by atoms with E-state index in [9.17, 15) is 27.7 Å². The second-order valence-corrected chi connectivity index (χ2v) is 8.92. The number of aromatic nitrogens is 2. The van der Waals surface area contributed by atoms with E-state index in [1.807, 2.05) is 0 Å². The van der Waals surface area contributed by atoms with Crippen LogP contribution in [0.2, 0.25) is 0 Å². The number of nitrogens with zero attached hydrogens (tertiary/aromatic N) is 4. The third-order valence-corrected chi connectivity index (χ3v) is 6.07. The smallest absolute Gasteiger partial charge is 0.359 e. The van der Waals surface area contributed by atoms with Crippen molar-refractivity contribution in [3.63, 3.8) is 0 Å². The van der Waals surface area contributed by atoms with E-state index in [4.69, 9.17) is 4.74 Å². The SMILES string of the molecule is CCOC(=O)c1nn(-c2ccc(F)cc2)c2c1CN(S(C)(=O)=O)c1ccc([N+](=O)[O-])cc1-2. The number of hydrogen-bond donors (Lipinski definition) is 0. The molecule has 1 aliphatic heterocycles. The number of carbonyl (C=O) groups excluding carboxylic acids is 1. The second-order valence-electron chi connectivity index (χ2n) is 7.01. The standard InChI is InChI=1S/C20H17FN4O6S/c1-3-31-20(26)18-16-11-23(32(2,29)30)17-9-8-14(25(27)28)10-15(17)19(16)24(22-18)13-6-4-12(21)5-7-13/h4-10H,3,11H2,1-2H3. The molecule has 0 N–H and O–H groups in total. The molecule has 0 unspecified atom stereocenters. The Morgan fingerprint density at radius 1 is 1.25 bits per heavy atom. The predicted octanol–water partition coefficient (Wildman–Crippen LogP) is 3.04. The Bertz CT molecular complexity index is 1350. The van der Waals surface area contributed by atoms with Crippen molar-refractivity contribution in [2.45, 2.75) is 13.5 Å². The van der Waals surface area contributed by atoms with Gasteiger partial charge in [0, 0.05) is 23.3 Å². The molecule has 1 aliphatic rings. The molecular formula is C20H17FN4O6S. The van der Waals surface area contributed by atoms with Crippen LogP contribution >= 0.6 is 0 Å². The van der Waals surface area contributed by atoms with Gasteiger partial charge in [-0.3, -0.25) is 14.4 Å². The first-order valence-corrected chi connectivity index (χ1v) is 11.3. The summed E-state index contributed by atoms with van der Waals surface area (Å²) >= 11 is 0. The molecule has 2 aromatic carbocycles. The van der Waals surface area contributed by atoms with E-state index in [-0.39, 0.29) is 41.3 Å². The molecular weight excluding hydrogens is 443 g/mol. The Morgan fingerprint density at radius 2 is 1.94 bits per heavy atom. The maximum Gasteiger partial charge on any atom is 0.359 e. The Kier molecular flexibility index (Phi) is 5.17. The molecule has 0 saturated heterocycles. The minimum atomic E-state index is -3.81. The highest BCUT2D eigenvalue weighted by molar-refractivity contribution is 7.92. The molecule has 2 heterocycles. The zero-order valence-corrected chi connectivity index (χ0v) is 17.8. The van der Waals surface area contributed by atoms with Gasteiger partial charge in [-0.05, 0) is 37.3 Å². The van der Waals surface area contributed by atoms with E-state index in [0.29, 0.717) is 11.4 Å². The first-order chi connectivity index (χ1) is 15.1. The molecule has 12 heteroatoms. The summed E-state index contributed by atoms with van der Waals surface area (Å²) in [4.78, 5) is 23.4. The number of benzene rings is 2. The molecule has 0 amide bonds. The molecule has 3 aromatic rings. The van der Waals surface area contributed by atoms with Gasteiger partial charge in [0.25, 0.3) is 5.69 Å². The van der Waals surface area contributed by atoms with Gasteiger partial charge in [0.05, 0.1) is 41.4 Å². The zero-order valence-electron chi connectivity index (χ0n) is 17.0. The Morgan fingerprint density at radius 3 is 2.53 bits per heavy atom. The van der Waals surface area contributed by atoms with Crippen molar-refractivity contribution in [3.8, 4) is 16.9 Å². The van der Waals surface area contributed by atoms with Gasteiger partial charge in [0.2, 0.25) is 10.0 Å². The lowest BCUT2D eigenvalue weighted by Crippen LogP contribution is -2.33. The summed E-state index contributed by atoms with van der Waals surface area (Å²) in [5, 5.41) is 15.7. The van der Waals surface area contributed by atoms with Crippen molar-refractivity contribution in [1.29, 1.82) is 0 Å². The number of hydrogen-bond acceptors (Lipinski definition) is 7. The van der Waals surface area contributed by atoms with Crippen molar-refractivity contribution in [3.05, 3.63) is 69.7 Å². The third kappa shape index (κ3) is 3.58. The normalized spacial score (nSPS) is 12.8. The molecule has 0 spiro atoms. The lowest BCUT2D eigenvalue weighted by molar-refractivity contribution is -0.384. The highest BCUT2D eigenvalue weighted by Gasteiger charge is 2.36. The lowest BCUT2D eigenvalue weighted by atomic mass is 9.98. The van der Waals surface area contributed by atoms with Crippen molar-refractivity contribution in [1.82, 2.24) is 9.78 Å². The fourth-order valence-electron chi connectivity index (χ4n) is 3.58. The zero-order chi connectivity index (χ0) is 23.2. The summed E-state index contributed by atoms with van der Waals surface area (Å²) in [5.74, 6) is -1.26. The molecule has 1 aromatic heterocycles. The molecule has 0 atom stereocenters. The van der Waals surface area contributed by atoms with Gasteiger partial charge in [-0.15, -0.1) is 0 Å². The minimum absolute atomic E-state index is 0.0643. The number of rotatable bonds is 5. The maximum absolute atomic E-state index is 13.5. The summed E-state index contributed by atoms with van der Waals surface area (Å²) in [6.45, 7) is 1.45. The monoisotopic (exact) mass is 460 g/mol. The van der Waals surface area contributed by atoms with Gasteiger partial charge in [-0.25, -0.2) is 22.3 Å². The third-order valence-electron chi connectivity index (χ3n) is 4.94. The van der Waals surface area contributed by atoms with Gasteiger partial charge < -0.3 is 4.74 Å². The number of nitro benzene ring substituents is 1. The first-order valence-electron chi connectivity index (χ1n) is 9.43. The van der Waals surface area contributed by atoms with E-state index < -0.39 is 26.7 Å². The summed E-state index contributed by atoms with van der Waals surface area (Å²) in [5.41, 5.74) is 0.891. The lowest BCUT2D eigenvalue weighted by Gasteiger charge is -2.29. The van der Waals surface area contributed by atoms with Crippen LogP contribution in [0.3, 0.4) is 0 Å². The highest BCUT2D eigenvalue weighted by Crippen LogP contribution is 2.44. The van der Waals surface area contributed by atoms with E-state index in [0.717, 1.165) is 10.6 Å². The molecule has 32 heavy (non-hydrogen) atoms. The number of non-ortho nitro benzene ring substituents is 1. The number of ether oxygens (including phenoxy) is 1. The summed E-state index contributed by atoms with van der Waals surface area (Å²) < 4.78 is 46.0. The predicted molar refractivity (Wildman–Crippen MR) is 113 cm³/mol. The van der Waals surface area contributed by atoms with E-state index in [2.05, 4.69) is 5.10 Å². The Balaban J connectivity index is 2.07. The van der Waals surface area contributed by atoms with Crippen LogP contribution in [-0.4, -0.2) is 42.0 Å². The van der Waals surface area contributed by atoms with Crippen molar-refractivity contribution in [2.24, 2.45) is 0 Å². The van der Waals surface area contributed by atoms with Gasteiger partial charge in [-0.1, -0.05) is 0 Å². The summed E-state index contributed by atoms with van der Waals surface area (Å²) in [6, 6.07) is 9.02. The molecule has 166 valence electrons. The van der Waals surface area contributed by atoms with Crippen LogP contribution in [0.25, 0.3) is 16.9 Å². The van der Waals surface area contributed by atoms with Crippen LogP contribution in [0.1, 0.15) is 23.0 Å². The topological polar surface area (TPSA) is 125 Å². The molecule has 0 saturated carbocycles. The van der Waals surface area contributed by atoms with Gasteiger partial charge in [0.1, 0.15) is 5.82 Å². The van der Waals surface area contributed by atoms with E-state index in [1.54, 1.807) is 6.92 Å². The van der Waals surface area contributed by atoms with Crippen LogP contribution in [0, 0.1) is 15.9 Å². The van der Waals surface area contributed by atoms with Crippen molar-refractivity contribution < 1.29 is 27.3 Å². The minimum Gasteiger partial charge on any atom is -0.461 e. The van der Waals surface area contributed by atoms with Crippen LogP contribution in [0.5, 0.6) is 0 Å². The summed E-state index contributed by atoms with van der Waals surface area (Å²) in [7, 11) is -3.81. The number of anilines is 1. The molecule has 0 radical (unpaired) electrons. The van der Waals surface area contributed by atoms with Gasteiger partial charge >= 0.3 is 5.97 Å². The van der Waals surface area contributed by atoms with Gasteiger partial charge in [0.15, 0.2) is 5.69 Å². The number of sulfonamides is 1. The fourth-order valence-corrected chi connectivity index (χ4v) is 4.46. The molecule has 10 nitrogen and oxygen atoms in total. The van der Waals surface area contributed by atoms with Crippen molar-refractivity contribution >= 4 is 27.4 Å². The number of halogens is 1. The average Bonchev–Trinajstić information content (AvgIpc) is 3.13. The summed E-state index contributed by atoms with van der Waals surface area (Å²) in [6.07, 6.45) is 0.998. The Hall–Kier alpha value is -3.80. The van der Waals surface area contributed by atoms with E-state index >= 15 is 0 Å². The van der Waals surface area contributed by atoms with Crippen LogP contribution in [0.15, 0.2) is 42.5 Å². The van der Waals surface area contributed by atoms with E-state index in [1.165, 1.54) is 47.1 Å². The molecule has 0 fully saturated rings. The number of nitro groups is 1.